The van der Waals surface area contributed by atoms with Crippen LogP contribution < -0.4 is 5.32 Å². The zero-order chi connectivity index (χ0) is 14.1. The van der Waals surface area contributed by atoms with Crippen molar-refractivity contribution in [1.82, 2.24) is 15.1 Å². The van der Waals surface area contributed by atoms with E-state index in [1.54, 1.807) is 0 Å². The molecule has 1 fully saturated rings. The fourth-order valence-electron chi connectivity index (χ4n) is 3.41. The highest BCUT2D eigenvalue weighted by molar-refractivity contribution is 4.87. The molecule has 0 saturated carbocycles. The van der Waals surface area contributed by atoms with Crippen molar-refractivity contribution in [2.24, 2.45) is 5.41 Å². The lowest BCUT2D eigenvalue weighted by molar-refractivity contribution is 0.102. The van der Waals surface area contributed by atoms with Gasteiger partial charge in [0.15, 0.2) is 0 Å². The molecule has 1 rings (SSSR count). The second-order valence-electron chi connectivity index (χ2n) is 6.53. The fourth-order valence-corrected chi connectivity index (χ4v) is 3.41. The summed E-state index contributed by atoms with van der Waals surface area (Å²) < 4.78 is 0. The van der Waals surface area contributed by atoms with Crippen LogP contribution in [-0.2, 0) is 0 Å². The molecule has 3 nitrogen and oxygen atoms in total. The van der Waals surface area contributed by atoms with Gasteiger partial charge in [0.25, 0.3) is 0 Å². The number of nitrogens with one attached hydrogen (secondary N) is 1. The van der Waals surface area contributed by atoms with Crippen molar-refractivity contribution in [1.29, 1.82) is 0 Å². The second-order valence-corrected chi connectivity index (χ2v) is 6.53. The Morgan fingerprint density at radius 1 is 1.05 bits per heavy atom. The molecule has 0 unspecified atom stereocenters. The minimum absolute atomic E-state index is 0.591. The molecule has 114 valence electrons. The van der Waals surface area contributed by atoms with E-state index in [1.807, 2.05) is 0 Å². The van der Waals surface area contributed by atoms with Gasteiger partial charge in [0.1, 0.15) is 0 Å². The average molecular weight is 269 g/mol. The lowest BCUT2D eigenvalue weighted by Gasteiger charge is -2.41. The van der Waals surface area contributed by atoms with Crippen molar-refractivity contribution in [2.75, 3.05) is 53.4 Å². The summed E-state index contributed by atoms with van der Waals surface area (Å²) in [5.41, 5.74) is 0.591. The maximum Gasteiger partial charge on any atom is 0.00388 e. The van der Waals surface area contributed by atoms with Gasteiger partial charge in [-0.3, -0.25) is 0 Å². The third kappa shape index (κ3) is 6.24. The summed E-state index contributed by atoms with van der Waals surface area (Å²) in [6.07, 6.45) is 6.76. The number of piperidine rings is 1. The molecular weight excluding hydrogens is 234 g/mol. The molecule has 19 heavy (non-hydrogen) atoms. The van der Waals surface area contributed by atoms with Gasteiger partial charge in [-0.2, -0.15) is 0 Å². The molecule has 1 aliphatic heterocycles. The third-order valence-electron chi connectivity index (χ3n) is 4.53. The van der Waals surface area contributed by atoms with E-state index in [9.17, 15) is 0 Å². The first-order chi connectivity index (χ1) is 9.12. The van der Waals surface area contributed by atoms with Crippen molar-refractivity contribution in [3.05, 3.63) is 0 Å². The molecule has 0 radical (unpaired) electrons. The maximum absolute atomic E-state index is 3.52. The Bertz CT molecular complexity index is 217. The lowest BCUT2D eigenvalue weighted by Crippen LogP contribution is -2.45. The zero-order valence-electron chi connectivity index (χ0n) is 13.7. The molecular formula is C16H35N3. The number of hydrogen-bond donors (Lipinski definition) is 1. The first-order valence-corrected chi connectivity index (χ1v) is 8.19. The van der Waals surface area contributed by atoms with Crippen molar-refractivity contribution in [2.45, 2.75) is 46.0 Å². The topological polar surface area (TPSA) is 18.5 Å². The molecule has 1 saturated heterocycles. The molecule has 1 heterocycles. The zero-order valence-corrected chi connectivity index (χ0v) is 13.7. The molecule has 0 spiro atoms. The van der Waals surface area contributed by atoms with Crippen molar-refractivity contribution >= 4 is 0 Å². The van der Waals surface area contributed by atoms with Gasteiger partial charge >= 0.3 is 0 Å². The van der Waals surface area contributed by atoms with Gasteiger partial charge in [0.05, 0.1) is 0 Å². The Labute approximate surface area is 120 Å². The highest BCUT2D eigenvalue weighted by atomic mass is 15.1. The molecule has 0 aliphatic carbocycles. The van der Waals surface area contributed by atoms with Crippen LogP contribution in [0.25, 0.3) is 0 Å². The highest BCUT2D eigenvalue weighted by Gasteiger charge is 2.32. The minimum atomic E-state index is 0.591. The summed E-state index contributed by atoms with van der Waals surface area (Å²) in [5, 5.41) is 3.52. The van der Waals surface area contributed by atoms with Gasteiger partial charge in [0.2, 0.25) is 0 Å². The van der Waals surface area contributed by atoms with Gasteiger partial charge < -0.3 is 15.1 Å². The van der Waals surface area contributed by atoms with Crippen molar-refractivity contribution < 1.29 is 0 Å². The predicted octanol–water partition coefficient (Wildman–Crippen LogP) is 2.43. The molecule has 3 heteroatoms. The molecule has 0 aromatic carbocycles. The summed E-state index contributed by atoms with van der Waals surface area (Å²) in [5.74, 6) is 0. The van der Waals surface area contributed by atoms with E-state index in [-0.39, 0.29) is 0 Å². The van der Waals surface area contributed by atoms with Crippen molar-refractivity contribution in [3.63, 3.8) is 0 Å². The van der Waals surface area contributed by atoms with Crippen LogP contribution in [0.15, 0.2) is 0 Å². The minimum Gasteiger partial charge on any atom is -0.317 e. The molecule has 0 atom stereocenters. The van der Waals surface area contributed by atoms with Gasteiger partial charge in [-0.25, -0.2) is 0 Å². The summed E-state index contributed by atoms with van der Waals surface area (Å²) in [7, 11) is 4.34. The number of hydrogen-bond acceptors (Lipinski definition) is 3. The van der Waals surface area contributed by atoms with E-state index in [0.717, 1.165) is 0 Å². The Balaban J connectivity index is 2.45. The van der Waals surface area contributed by atoms with E-state index >= 15 is 0 Å². The first-order valence-electron chi connectivity index (χ1n) is 8.19. The summed E-state index contributed by atoms with van der Waals surface area (Å²) in [4.78, 5) is 4.98. The molecule has 0 aromatic rings. The predicted molar refractivity (Wildman–Crippen MR) is 84.7 cm³/mol. The van der Waals surface area contributed by atoms with Crippen LogP contribution in [0, 0.1) is 5.41 Å². The van der Waals surface area contributed by atoms with Crippen LogP contribution in [0.1, 0.15) is 46.0 Å². The largest absolute Gasteiger partial charge is 0.317 e. The summed E-state index contributed by atoms with van der Waals surface area (Å²) in [6.45, 7) is 12.1. The molecule has 0 aromatic heterocycles. The van der Waals surface area contributed by atoms with Crippen LogP contribution in [0.3, 0.4) is 0 Å². The van der Waals surface area contributed by atoms with Crippen LogP contribution in [0.4, 0.5) is 0 Å². The number of nitrogens with zero attached hydrogens (tertiary/aromatic N) is 2. The normalized spacial score (nSPS) is 19.3. The summed E-state index contributed by atoms with van der Waals surface area (Å²) >= 11 is 0. The van der Waals surface area contributed by atoms with Crippen LogP contribution >= 0.6 is 0 Å². The SMILES string of the molecule is CCCC1(CN(CC)CCCN(C)C)CCNCC1. The van der Waals surface area contributed by atoms with E-state index < -0.39 is 0 Å². The van der Waals surface area contributed by atoms with Gasteiger partial charge in [0, 0.05) is 6.54 Å². The Kier molecular flexibility index (Phi) is 7.96. The quantitative estimate of drug-likeness (QED) is 0.693. The van der Waals surface area contributed by atoms with Crippen LogP contribution in [0.5, 0.6) is 0 Å². The van der Waals surface area contributed by atoms with Gasteiger partial charge in [-0.1, -0.05) is 20.3 Å². The second kappa shape index (κ2) is 8.93. The highest BCUT2D eigenvalue weighted by Crippen LogP contribution is 2.34. The number of rotatable bonds is 9. The van der Waals surface area contributed by atoms with Gasteiger partial charge in [-0.15, -0.1) is 0 Å². The Morgan fingerprint density at radius 2 is 1.74 bits per heavy atom. The summed E-state index contributed by atoms with van der Waals surface area (Å²) in [6, 6.07) is 0. The Hall–Kier alpha value is -0.120. The monoisotopic (exact) mass is 269 g/mol. The maximum atomic E-state index is 3.52. The van der Waals surface area contributed by atoms with E-state index in [2.05, 4.69) is 43.1 Å². The lowest BCUT2D eigenvalue weighted by atomic mass is 9.75. The standard InChI is InChI=1S/C16H35N3/c1-5-8-16(9-11-17-12-10-16)15-19(6-2)14-7-13-18(3)4/h17H,5-15H2,1-4H3. The fraction of sp³-hybridized carbons (Fsp3) is 1.00. The van der Waals surface area contributed by atoms with E-state index in [0.29, 0.717) is 5.41 Å². The van der Waals surface area contributed by atoms with E-state index in [1.165, 1.54) is 71.4 Å². The molecule has 1 N–H and O–H groups in total. The van der Waals surface area contributed by atoms with Gasteiger partial charge in [-0.05, 0) is 77.9 Å². The van der Waals surface area contributed by atoms with Crippen molar-refractivity contribution in [3.8, 4) is 0 Å². The molecule has 0 bridgehead atoms. The third-order valence-corrected chi connectivity index (χ3v) is 4.53. The van der Waals surface area contributed by atoms with E-state index in [4.69, 9.17) is 0 Å². The average Bonchev–Trinajstić information content (AvgIpc) is 2.38. The first kappa shape index (κ1) is 16.9. The molecule has 1 aliphatic rings. The molecule has 0 amide bonds. The van der Waals surface area contributed by atoms with Crippen LogP contribution in [0.2, 0.25) is 0 Å². The smallest absolute Gasteiger partial charge is 0.00388 e. The van der Waals surface area contributed by atoms with Crippen LogP contribution in [-0.4, -0.2) is 63.2 Å². The Morgan fingerprint density at radius 3 is 2.26 bits per heavy atom.